The summed E-state index contributed by atoms with van der Waals surface area (Å²) in [6, 6.07) is 12.4. The zero-order valence-corrected chi connectivity index (χ0v) is 16.8. The molecule has 4 nitrogen and oxygen atoms in total. The van der Waals surface area contributed by atoms with Crippen LogP contribution >= 0.6 is 46.4 Å². The molecule has 0 spiro atoms. The van der Waals surface area contributed by atoms with E-state index in [1.807, 2.05) is 26.0 Å². The summed E-state index contributed by atoms with van der Waals surface area (Å²) in [5.74, 6) is 0.320. The van der Waals surface area contributed by atoms with E-state index in [1.54, 1.807) is 30.3 Å². The number of nitrogens with one attached hydrogen (secondary N) is 2. The second-order valence-electron chi connectivity index (χ2n) is 5.23. The van der Waals surface area contributed by atoms with Gasteiger partial charge in [-0.15, -0.1) is 0 Å². The lowest BCUT2D eigenvalue weighted by molar-refractivity contribution is 0.0977. The Bertz CT molecular complexity index is 768. The van der Waals surface area contributed by atoms with Crippen molar-refractivity contribution in [3.63, 3.8) is 0 Å². The zero-order valence-electron chi connectivity index (χ0n) is 13.1. The number of thiocarbonyl (C=S) groups is 1. The first-order valence-electron chi connectivity index (χ1n) is 7.19. The molecule has 0 heterocycles. The lowest BCUT2D eigenvalue weighted by Gasteiger charge is -2.13. The second kappa shape index (κ2) is 8.64. The Kier molecular flexibility index (Phi) is 6.82. The Morgan fingerprint density at radius 2 is 2.00 bits per heavy atom. The molecule has 0 aromatic heterocycles. The number of rotatable bonds is 4. The number of hydrogen-bond donors (Lipinski definition) is 2. The van der Waals surface area contributed by atoms with Gasteiger partial charge in [0.05, 0.1) is 16.8 Å². The number of amides is 1. The van der Waals surface area contributed by atoms with Crippen molar-refractivity contribution < 1.29 is 9.53 Å². The summed E-state index contributed by atoms with van der Waals surface area (Å²) in [4.78, 5) is 12.3. The minimum absolute atomic E-state index is 0.0362. The molecule has 7 heteroatoms. The van der Waals surface area contributed by atoms with Gasteiger partial charge in [-0.25, -0.2) is 0 Å². The Labute approximate surface area is 165 Å². The smallest absolute Gasteiger partial charge is 0.257 e. The normalized spacial score (nSPS) is 10.4. The molecular formula is C17H16ClIN2O2S. The lowest BCUT2D eigenvalue weighted by atomic mass is 10.2. The topological polar surface area (TPSA) is 50.4 Å². The Morgan fingerprint density at radius 3 is 2.67 bits per heavy atom. The maximum absolute atomic E-state index is 12.3. The minimum atomic E-state index is -0.316. The number of benzene rings is 2. The highest BCUT2D eigenvalue weighted by atomic mass is 127. The lowest BCUT2D eigenvalue weighted by Crippen LogP contribution is -2.34. The molecule has 2 rings (SSSR count). The van der Waals surface area contributed by atoms with Gasteiger partial charge >= 0.3 is 0 Å². The number of carbonyl (C=O) groups excluding carboxylic acids is 1. The van der Waals surface area contributed by atoms with Crippen LogP contribution in [-0.2, 0) is 0 Å². The van der Waals surface area contributed by atoms with E-state index >= 15 is 0 Å². The van der Waals surface area contributed by atoms with E-state index in [-0.39, 0.29) is 17.1 Å². The summed E-state index contributed by atoms with van der Waals surface area (Å²) in [7, 11) is 0. The van der Waals surface area contributed by atoms with E-state index in [9.17, 15) is 4.79 Å². The summed E-state index contributed by atoms with van der Waals surface area (Å²) < 4.78 is 6.60. The van der Waals surface area contributed by atoms with Gasteiger partial charge in [-0.1, -0.05) is 17.7 Å². The van der Waals surface area contributed by atoms with Crippen molar-refractivity contribution in [2.75, 3.05) is 5.32 Å². The van der Waals surface area contributed by atoms with Crippen LogP contribution in [0.2, 0.25) is 5.02 Å². The largest absolute Gasteiger partial charge is 0.491 e. The van der Waals surface area contributed by atoms with Crippen molar-refractivity contribution in [3.8, 4) is 5.75 Å². The van der Waals surface area contributed by atoms with Gasteiger partial charge in [0.1, 0.15) is 5.75 Å². The molecule has 0 aliphatic rings. The predicted octanol–water partition coefficient (Wildman–Crippen LogP) is 4.86. The first kappa shape index (κ1) is 19.0. The highest BCUT2D eigenvalue weighted by molar-refractivity contribution is 14.1. The number of ether oxygens (including phenoxy) is 1. The van der Waals surface area contributed by atoms with Crippen molar-refractivity contribution in [2.45, 2.75) is 20.0 Å². The van der Waals surface area contributed by atoms with Crippen molar-refractivity contribution in [1.29, 1.82) is 0 Å². The Morgan fingerprint density at radius 1 is 1.25 bits per heavy atom. The van der Waals surface area contributed by atoms with Gasteiger partial charge in [0.15, 0.2) is 5.11 Å². The van der Waals surface area contributed by atoms with Gasteiger partial charge in [-0.2, -0.15) is 0 Å². The summed E-state index contributed by atoms with van der Waals surface area (Å²) >= 11 is 13.5. The Balaban J connectivity index is 2.02. The third kappa shape index (κ3) is 5.61. The van der Waals surface area contributed by atoms with E-state index < -0.39 is 0 Å². The van der Waals surface area contributed by atoms with Crippen molar-refractivity contribution >= 4 is 63.1 Å². The number of hydrogen-bond acceptors (Lipinski definition) is 3. The molecule has 0 aliphatic carbocycles. The number of carbonyl (C=O) groups is 1. The number of halogens is 2. The summed E-state index contributed by atoms with van der Waals surface area (Å²) in [6.07, 6.45) is 0.0362. The van der Waals surface area contributed by atoms with Gasteiger partial charge in [-0.05, 0) is 85.1 Å². The van der Waals surface area contributed by atoms with Gasteiger partial charge in [0.2, 0.25) is 0 Å². The average Bonchev–Trinajstić information content (AvgIpc) is 2.49. The predicted molar refractivity (Wildman–Crippen MR) is 110 cm³/mol. The molecule has 0 unspecified atom stereocenters. The van der Waals surface area contributed by atoms with E-state index in [2.05, 4.69) is 33.2 Å². The highest BCUT2D eigenvalue weighted by Crippen LogP contribution is 2.23. The molecule has 0 atom stereocenters. The average molecular weight is 475 g/mol. The van der Waals surface area contributed by atoms with Gasteiger partial charge in [0, 0.05) is 9.13 Å². The van der Waals surface area contributed by atoms with Crippen LogP contribution in [0, 0.1) is 3.57 Å². The standard InChI is InChI=1S/C17H16ClIN2O2S/c1-10(2)23-13-5-3-4-11(8-13)16(22)21-17(24)20-15-7-6-12(19)9-14(15)18/h3-10H,1-2H3,(H2,20,21,22,24). The summed E-state index contributed by atoms with van der Waals surface area (Å²) in [5, 5.41) is 6.26. The van der Waals surface area contributed by atoms with E-state index in [4.69, 9.17) is 28.6 Å². The fourth-order valence-corrected chi connectivity index (χ4v) is 3.01. The molecule has 0 radical (unpaired) electrons. The van der Waals surface area contributed by atoms with Crippen molar-refractivity contribution in [2.24, 2.45) is 0 Å². The van der Waals surface area contributed by atoms with Crippen molar-refractivity contribution in [1.82, 2.24) is 5.32 Å². The maximum atomic E-state index is 12.3. The van der Waals surface area contributed by atoms with Crippen LogP contribution in [0.25, 0.3) is 0 Å². The Hall–Kier alpha value is -1.38. The van der Waals surface area contributed by atoms with E-state index in [0.29, 0.717) is 22.0 Å². The molecule has 0 bridgehead atoms. The SMILES string of the molecule is CC(C)Oc1cccc(C(=O)NC(=S)Nc2ccc(I)cc2Cl)c1. The van der Waals surface area contributed by atoms with Crippen LogP contribution in [0.5, 0.6) is 5.75 Å². The first-order chi connectivity index (χ1) is 11.3. The van der Waals surface area contributed by atoms with Crippen LogP contribution in [0.4, 0.5) is 5.69 Å². The van der Waals surface area contributed by atoms with Crippen molar-refractivity contribution in [3.05, 3.63) is 56.6 Å². The highest BCUT2D eigenvalue weighted by Gasteiger charge is 2.10. The third-order valence-corrected chi connectivity index (χ3v) is 4.06. The molecule has 2 N–H and O–H groups in total. The fraction of sp³-hybridized carbons (Fsp3) is 0.176. The van der Waals surface area contributed by atoms with Gasteiger partial charge in [0.25, 0.3) is 5.91 Å². The van der Waals surface area contributed by atoms with E-state index in [1.165, 1.54) is 0 Å². The maximum Gasteiger partial charge on any atom is 0.257 e. The zero-order chi connectivity index (χ0) is 17.7. The molecule has 0 saturated carbocycles. The molecule has 0 saturated heterocycles. The van der Waals surface area contributed by atoms with Crippen LogP contribution in [0.3, 0.4) is 0 Å². The molecule has 2 aromatic rings. The monoisotopic (exact) mass is 474 g/mol. The van der Waals surface area contributed by atoms with Crippen LogP contribution in [0.15, 0.2) is 42.5 Å². The molecule has 2 aromatic carbocycles. The fourth-order valence-electron chi connectivity index (χ4n) is 1.90. The van der Waals surface area contributed by atoms with Gasteiger partial charge < -0.3 is 10.1 Å². The van der Waals surface area contributed by atoms with Gasteiger partial charge in [-0.3, -0.25) is 10.1 Å². The first-order valence-corrected chi connectivity index (χ1v) is 9.06. The summed E-state index contributed by atoms with van der Waals surface area (Å²) in [6.45, 7) is 3.85. The minimum Gasteiger partial charge on any atom is -0.491 e. The quantitative estimate of drug-likeness (QED) is 0.491. The molecular weight excluding hydrogens is 459 g/mol. The molecule has 0 fully saturated rings. The number of anilines is 1. The second-order valence-corrected chi connectivity index (χ2v) is 7.29. The molecule has 24 heavy (non-hydrogen) atoms. The van der Waals surface area contributed by atoms with E-state index in [0.717, 1.165) is 3.57 Å². The molecule has 1 amide bonds. The van der Waals surface area contributed by atoms with Crippen LogP contribution < -0.4 is 15.4 Å². The molecule has 126 valence electrons. The third-order valence-electron chi connectivity index (χ3n) is 2.87. The summed E-state index contributed by atoms with van der Waals surface area (Å²) in [5.41, 5.74) is 1.10. The van der Waals surface area contributed by atoms with Crippen LogP contribution in [-0.4, -0.2) is 17.1 Å². The van der Waals surface area contributed by atoms with Crippen LogP contribution in [0.1, 0.15) is 24.2 Å². The molecule has 0 aliphatic heterocycles.